The van der Waals surface area contributed by atoms with Crippen molar-refractivity contribution in [3.63, 3.8) is 0 Å². The molecule has 1 aromatic heterocycles. The van der Waals surface area contributed by atoms with Gasteiger partial charge in [-0.2, -0.15) is 5.10 Å². The number of aromatic nitrogens is 2. The maximum atomic E-state index is 10.6. The fraction of sp³-hybridized carbons (Fsp3) is 0.143. The molecule has 4 heteroatoms. The average molecular weight is 149 g/mol. The van der Waals surface area contributed by atoms with E-state index in [1.54, 1.807) is 24.0 Å². The van der Waals surface area contributed by atoms with Gasteiger partial charge in [0.15, 0.2) is 5.82 Å². The maximum absolute atomic E-state index is 10.6. The van der Waals surface area contributed by atoms with Crippen LogP contribution >= 0.6 is 0 Å². The van der Waals surface area contributed by atoms with Crippen molar-refractivity contribution in [2.24, 2.45) is 7.05 Å². The number of carbonyl (C=O) groups excluding carboxylic acids is 1. The highest BCUT2D eigenvalue weighted by molar-refractivity contribution is 6.02. The number of aryl methyl sites for hydroxylation is 1. The molecule has 0 saturated heterocycles. The standard InChI is InChI=1S/C7H7N3O/c1-3-7(11)8-6-4-5-10(2)9-6/h1,4-5H,2H3,(H,8,9,11). The molecule has 0 spiro atoms. The molecule has 0 unspecified atom stereocenters. The zero-order valence-corrected chi connectivity index (χ0v) is 6.03. The summed E-state index contributed by atoms with van der Waals surface area (Å²) in [5.41, 5.74) is 0. The van der Waals surface area contributed by atoms with E-state index in [9.17, 15) is 4.79 Å². The second kappa shape index (κ2) is 2.88. The van der Waals surface area contributed by atoms with Crippen molar-refractivity contribution in [1.82, 2.24) is 9.78 Å². The number of carbonyl (C=O) groups is 1. The molecule has 0 saturated carbocycles. The molecule has 4 nitrogen and oxygen atoms in total. The Hall–Kier alpha value is -1.76. The first-order valence-electron chi connectivity index (χ1n) is 2.99. The molecular formula is C7H7N3O. The Morgan fingerprint density at radius 3 is 3.09 bits per heavy atom. The highest BCUT2D eigenvalue weighted by Crippen LogP contribution is 1.99. The number of hydrogen-bond donors (Lipinski definition) is 1. The predicted octanol–water partition coefficient (Wildman–Crippen LogP) is -0.00820. The van der Waals surface area contributed by atoms with Gasteiger partial charge in [0, 0.05) is 19.3 Å². The lowest BCUT2D eigenvalue weighted by atomic mass is 10.5. The minimum absolute atomic E-state index is 0.468. The van der Waals surface area contributed by atoms with Crippen LogP contribution in [-0.4, -0.2) is 15.7 Å². The van der Waals surface area contributed by atoms with Crippen molar-refractivity contribution < 1.29 is 4.79 Å². The number of rotatable bonds is 1. The molecule has 11 heavy (non-hydrogen) atoms. The van der Waals surface area contributed by atoms with E-state index < -0.39 is 5.91 Å². The molecule has 1 amide bonds. The number of terminal acetylenes is 1. The largest absolute Gasteiger partial charge is 0.301 e. The maximum Gasteiger partial charge on any atom is 0.301 e. The zero-order chi connectivity index (χ0) is 8.27. The highest BCUT2D eigenvalue weighted by atomic mass is 16.1. The topological polar surface area (TPSA) is 46.9 Å². The Morgan fingerprint density at radius 1 is 1.91 bits per heavy atom. The summed E-state index contributed by atoms with van der Waals surface area (Å²) in [7, 11) is 1.76. The Balaban J connectivity index is 2.66. The molecule has 0 aliphatic heterocycles. The van der Waals surface area contributed by atoms with Crippen LogP contribution in [0.3, 0.4) is 0 Å². The summed E-state index contributed by atoms with van der Waals surface area (Å²) in [4.78, 5) is 10.6. The fourth-order valence-corrected chi connectivity index (χ4v) is 0.634. The molecule has 1 rings (SSSR count). The Kier molecular flexibility index (Phi) is 1.93. The van der Waals surface area contributed by atoms with Gasteiger partial charge in [-0.25, -0.2) is 0 Å². The third-order valence-corrected chi connectivity index (χ3v) is 1.09. The van der Waals surface area contributed by atoms with Crippen LogP contribution < -0.4 is 5.32 Å². The molecule has 0 aliphatic rings. The first-order valence-corrected chi connectivity index (χ1v) is 2.99. The van der Waals surface area contributed by atoms with E-state index >= 15 is 0 Å². The van der Waals surface area contributed by atoms with Crippen LogP contribution in [0.15, 0.2) is 12.3 Å². The van der Waals surface area contributed by atoms with Crippen molar-refractivity contribution >= 4 is 11.7 Å². The van der Waals surface area contributed by atoms with Gasteiger partial charge in [0.25, 0.3) is 0 Å². The second-order valence-electron chi connectivity index (χ2n) is 1.97. The summed E-state index contributed by atoms with van der Waals surface area (Å²) < 4.78 is 1.58. The number of anilines is 1. The third-order valence-electron chi connectivity index (χ3n) is 1.09. The fourth-order valence-electron chi connectivity index (χ4n) is 0.634. The van der Waals surface area contributed by atoms with Crippen molar-refractivity contribution in [2.75, 3.05) is 5.32 Å². The van der Waals surface area contributed by atoms with E-state index in [1.807, 2.05) is 5.92 Å². The smallest absolute Gasteiger partial charge is 0.298 e. The monoisotopic (exact) mass is 149 g/mol. The molecule has 0 atom stereocenters. The van der Waals surface area contributed by atoms with Crippen LogP contribution in [0.4, 0.5) is 5.82 Å². The quantitative estimate of drug-likeness (QED) is 0.571. The number of amides is 1. The SMILES string of the molecule is C#CC(=O)Nc1ccn(C)n1. The van der Waals surface area contributed by atoms with E-state index in [0.29, 0.717) is 5.82 Å². The van der Waals surface area contributed by atoms with E-state index in [-0.39, 0.29) is 0 Å². The molecule has 0 aliphatic carbocycles. The van der Waals surface area contributed by atoms with Crippen LogP contribution in [0.1, 0.15) is 0 Å². The van der Waals surface area contributed by atoms with Crippen molar-refractivity contribution in [2.45, 2.75) is 0 Å². The van der Waals surface area contributed by atoms with Gasteiger partial charge < -0.3 is 0 Å². The predicted molar refractivity (Wildman–Crippen MR) is 40.7 cm³/mol. The molecule has 0 radical (unpaired) electrons. The van der Waals surface area contributed by atoms with Crippen LogP contribution in [0.2, 0.25) is 0 Å². The summed E-state index contributed by atoms with van der Waals surface area (Å²) in [6, 6.07) is 1.66. The van der Waals surface area contributed by atoms with Crippen molar-refractivity contribution in [3.05, 3.63) is 12.3 Å². The first-order chi connectivity index (χ1) is 5.22. The number of hydrogen-bond acceptors (Lipinski definition) is 2. The molecular weight excluding hydrogens is 142 g/mol. The van der Waals surface area contributed by atoms with Gasteiger partial charge in [-0.3, -0.25) is 14.8 Å². The first kappa shape index (κ1) is 7.35. The lowest BCUT2D eigenvalue weighted by molar-refractivity contribution is -0.111. The van der Waals surface area contributed by atoms with Crippen LogP contribution in [-0.2, 0) is 11.8 Å². The number of nitrogens with one attached hydrogen (secondary N) is 1. The van der Waals surface area contributed by atoms with Crippen molar-refractivity contribution in [3.8, 4) is 12.3 Å². The Morgan fingerprint density at radius 2 is 2.64 bits per heavy atom. The molecule has 56 valence electrons. The van der Waals surface area contributed by atoms with Gasteiger partial charge in [-0.05, 0) is 5.92 Å². The van der Waals surface area contributed by atoms with E-state index in [0.717, 1.165) is 0 Å². The second-order valence-corrected chi connectivity index (χ2v) is 1.97. The molecule has 0 bridgehead atoms. The molecule has 1 N–H and O–H groups in total. The minimum atomic E-state index is -0.483. The highest BCUT2D eigenvalue weighted by Gasteiger charge is 1.98. The summed E-state index contributed by atoms with van der Waals surface area (Å²) in [5.74, 6) is 1.91. The van der Waals surface area contributed by atoms with Gasteiger partial charge in [0.05, 0.1) is 0 Å². The van der Waals surface area contributed by atoms with Gasteiger partial charge >= 0.3 is 5.91 Å². The zero-order valence-electron chi connectivity index (χ0n) is 6.03. The minimum Gasteiger partial charge on any atom is -0.298 e. The molecule has 0 aromatic carbocycles. The summed E-state index contributed by atoms with van der Waals surface area (Å²) in [6.07, 6.45) is 6.54. The molecule has 0 fully saturated rings. The van der Waals surface area contributed by atoms with Gasteiger partial charge in [0.2, 0.25) is 0 Å². The Labute approximate surface area is 64.2 Å². The van der Waals surface area contributed by atoms with Gasteiger partial charge in [-0.1, -0.05) is 0 Å². The summed E-state index contributed by atoms with van der Waals surface area (Å²) in [5, 5.41) is 6.29. The van der Waals surface area contributed by atoms with Crippen LogP contribution in [0.25, 0.3) is 0 Å². The van der Waals surface area contributed by atoms with Crippen LogP contribution in [0.5, 0.6) is 0 Å². The van der Waals surface area contributed by atoms with E-state index in [2.05, 4.69) is 10.4 Å². The normalized spacial score (nSPS) is 8.73. The average Bonchev–Trinajstić information content (AvgIpc) is 2.35. The van der Waals surface area contributed by atoms with Crippen molar-refractivity contribution in [1.29, 1.82) is 0 Å². The molecule has 1 heterocycles. The van der Waals surface area contributed by atoms with E-state index in [1.165, 1.54) is 0 Å². The lowest BCUT2D eigenvalue weighted by Crippen LogP contribution is -2.08. The summed E-state index contributed by atoms with van der Waals surface area (Å²) >= 11 is 0. The number of nitrogens with zero attached hydrogens (tertiary/aromatic N) is 2. The van der Waals surface area contributed by atoms with Gasteiger partial charge in [0.1, 0.15) is 0 Å². The molecule has 1 aromatic rings. The Bertz CT molecular complexity index is 308. The summed E-state index contributed by atoms with van der Waals surface area (Å²) in [6.45, 7) is 0. The van der Waals surface area contributed by atoms with Gasteiger partial charge in [-0.15, -0.1) is 6.42 Å². The third kappa shape index (κ3) is 1.83. The lowest BCUT2D eigenvalue weighted by Gasteiger charge is -1.92. The van der Waals surface area contributed by atoms with Crippen LogP contribution in [0, 0.1) is 12.3 Å². The van der Waals surface area contributed by atoms with E-state index in [4.69, 9.17) is 6.42 Å².